The van der Waals surface area contributed by atoms with Crippen LogP contribution < -0.4 is 5.32 Å². The Kier molecular flexibility index (Phi) is 6.21. The van der Waals surface area contributed by atoms with Crippen LogP contribution in [-0.4, -0.2) is 41.0 Å². The van der Waals surface area contributed by atoms with Gasteiger partial charge in [0.05, 0.1) is 4.92 Å². The highest BCUT2D eigenvalue weighted by atomic mass is 16.6. The fraction of sp³-hybridized carbons (Fsp3) is 0.615. The number of hydrogen-bond acceptors (Lipinski definition) is 5. The molecule has 0 aliphatic rings. The van der Waals surface area contributed by atoms with Crippen molar-refractivity contribution in [2.24, 2.45) is 0 Å². The van der Waals surface area contributed by atoms with Crippen LogP contribution in [0.1, 0.15) is 26.7 Å². The van der Waals surface area contributed by atoms with Gasteiger partial charge in [0.2, 0.25) is 0 Å². The summed E-state index contributed by atoms with van der Waals surface area (Å²) in [6.45, 7) is 6.27. The second-order valence-corrected chi connectivity index (χ2v) is 4.87. The van der Waals surface area contributed by atoms with Gasteiger partial charge in [0.15, 0.2) is 0 Å². The summed E-state index contributed by atoms with van der Waals surface area (Å²) in [5.41, 5.74) is 0.0177. The normalized spacial score (nSPS) is 11.0. The number of pyridine rings is 1. The number of aromatic nitrogens is 1. The molecule has 1 aromatic rings. The molecule has 0 unspecified atom stereocenters. The van der Waals surface area contributed by atoms with Crippen molar-refractivity contribution < 1.29 is 4.92 Å². The van der Waals surface area contributed by atoms with E-state index in [0.29, 0.717) is 11.9 Å². The van der Waals surface area contributed by atoms with E-state index in [0.717, 1.165) is 25.9 Å². The molecule has 0 bridgehead atoms. The third-order valence-corrected chi connectivity index (χ3v) is 3.08. The molecule has 106 valence electrons. The first-order valence-electron chi connectivity index (χ1n) is 6.55. The van der Waals surface area contributed by atoms with E-state index in [1.807, 2.05) is 0 Å². The molecule has 0 amide bonds. The van der Waals surface area contributed by atoms with Gasteiger partial charge < -0.3 is 10.2 Å². The van der Waals surface area contributed by atoms with Gasteiger partial charge in [-0.25, -0.2) is 4.98 Å². The maximum absolute atomic E-state index is 10.5. The van der Waals surface area contributed by atoms with Crippen LogP contribution in [0.15, 0.2) is 18.3 Å². The lowest BCUT2D eigenvalue weighted by atomic mass is 10.2. The third-order valence-electron chi connectivity index (χ3n) is 3.08. The molecule has 1 N–H and O–H groups in total. The number of nitro groups is 1. The molecule has 19 heavy (non-hydrogen) atoms. The molecule has 0 spiro atoms. The summed E-state index contributed by atoms with van der Waals surface area (Å²) < 4.78 is 0. The molecule has 0 saturated heterocycles. The minimum absolute atomic E-state index is 0.0177. The van der Waals surface area contributed by atoms with Gasteiger partial charge in [0.25, 0.3) is 5.69 Å². The average molecular weight is 266 g/mol. The maximum atomic E-state index is 10.5. The highest BCUT2D eigenvalue weighted by Gasteiger charge is 2.05. The Balaban J connectivity index is 2.21. The summed E-state index contributed by atoms with van der Waals surface area (Å²) in [6, 6.07) is 3.67. The van der Waals surface area contributed by atoms with E-state index in [1.165, 1.54) is 12.3 Å². The van der Waals surface area contributed by atoms with Gasteiger partial charge in [-0.3, -0.25) is 10.1 Å². The molecular weight excluding hydrogens is 244 g/mol. The zero-order chi connectivity index (χ0) is 14.3. The third kappa shape index (κ3) is 5.65. The number of hydrogen-bond donors (Lipinski definition) is 1. The Labute approximate surface area is 114 Å². The predicted octanol–water partition coefficient (Wildman–Crippen LogP) is 2.52. The molecule has 0 atom stereocenters. The van der Waals surface area contributed by atoms with E-state index >= 15 is 0 Å². The van der Waals surface area contributed by atoms with Gasteiger partial charge in [-0.15, -0.1) is 0 Å². The number of rotatable bonds is 8. The molecule has 1 aromatic heterocycles. The van der Waals surface area contributed by atoms with Crippen molar-refractivity contribution in [3.8, 4) is 0 Å². The molecule has 0 aliphatic heterocycles. The topological polar surface area (TPSA) is 71.3 Å². The lowest BCUT2D eigenvalue weighted by molar-refractivity contribution is -0.385. The summed E-state index contributed by atoms with van der Waals surface area (Å²) in [5, 5.41) is 13.6. The van der Waals surface area contributed by atoms with Crippen molar-refractivity contribution in [3.05, 3.63) is 28.4 Å². The second-order valence-electron chi connectivity index (χ2n) is 4.87. The monoisotopic (exact) mass is 266 g/mol. The van der Waals surface area contributed by atoms with Crippen LogP contribution in [0.25, 0.3) is 0 Å². The van der Waals surface area contributed by atoms with Crippen LogP contribution >= 0.6 is 0 Å². The van der Waals surface area contributed by atoms with E-state index < -0.39 is 4.92 Å². The predicted molar refractivity (Wildman–Crippen MR) is 76.4 cm³/mol. The zero-order valence-corrected chi connectivity index (χ0v) is 11.8. The van der Waals surface area contributed by atoms with Crippen molar-refractivity contribution in [1.29, 1.82) is 0 Å². The Morgan fingerprint density at radius 3 is 2.68 bits per heavy atom. The molecule has 1 heterocycles. The minimum atomic E-state index is -0.446. The molecule has 0 radical (unpaired) electrons. The van der Waals surface area contributed by atoms with Crippen LogP contribution in [0.4, 0.5) is 11.5 Å². The summed E-state index contributed by atoms with van der Waals surface area (Å²) >= 11 is 0. The first-order valence-corrected chi connectivity index (χ1v) is 6.55. The largest absolute Gasteiger partial charge is 0.370 e. The van der Waals surface area contributed by atoms with Crippen LogP contribution in [0, 0.1) is 10.1 Å². The summed E-state index contributed by atoms with van der Waals surface area (Å²) in [4.78, 5) is 16.3. The van der Waals surface area contributed by atoms with Gasteiger partial charge in [-0.1, -0.05) is 0 Å². The Morgan fingerprint density at radius 1 is 1.42 bits per heavy atom. The van der Waals surface area contributed by atoms with E-state index in [-0.39, 0.29) is 5.69 Å². The SMILES string of the molecule is CC(C)N(C)CCCCNc1ccc([N+](=O)[O-])cn1. The maximum Gasteiger partial charge on any atom is 0.287 e. The Morgan fingerprint density at radius 2 is 2.16 bits per heavy atom. The standard InChI is InChI=1S/C13H22N4O2/c1-11(2)16(3)9-5-4-8-14-13-7-6-12(10-15-13)17(18)19/h6-7,10-11H,4-5,8-9H2,1-3H3,(H,14,15). The number of anilines is 1. The van der Waals surface area contributed by atoms with Gasteiger partial charge in [-0.2, -0.15) is 0 Å². The molecule has 0 aliphatic carbocycles. The van der Waals surface area contributed by atoms with Crippen molar-refractivity contribution in [2.45, 2.75) is 32.7 Å². The van der Waals surface area contributed by atoms with Crippen LogP contribution in [0.3, 0.4) is 0 Å². The van der Waals surface area contributed by atoms with Crippen molar-refractivity contribution in [1.82, 2.24) is 9.88 Å². The lowest BCUT2D eigenvalue weighted by Gasteiger charge is -2.20. The quantitative estimate of drug-likeness (QED) is 0.445. The highest BCUT2D eigenvalue weighted by molar-refractivity contribution is 5.39. The van der Waals surface area contributed by atoms with E-state index in [9.17, 15) is 10.1 Å². The average Bonchev–Trinajstić information content (AvgIpc) is 2.38. The van der Waals surface area contributed by atoms with Gasteiger partial charge in [0, 0.05) is 18.7 Å². The number of unbranched alkanes of at least 4 members (excludes halogenated alkanes) is 1. The number of nitrogens with one attached hydrogen (secondary N) is 1. The summed E-state index contributed by atoms with van der Waals surface area (Å²) in [7, 11) is 2.12. The summed E-state index contributed by atoms with van der Waals surface area (Å²) in [5.74, 6) is 0.683. The molecule has 0 fully saturated rings. The van der Waals surface area contributed by atoms with Crippen molar-refractivity contribution >= 4 is 11.5 Å². The van der Waals surface area contributed by atoms with Crippen LogP contribution in [0.2, 0.25) is 0 Å². The molecule has 0 aromatic carbocycles. The van der Waals surface area contributed by atoms with Gasteiger partial charge >= 0.3 is 0 Å². The molecular formula is C13H22N4O2. The first kappa shape index (κ1) is 15.4. The Hall–Kier alpha value is -1.69. The van der Waals surface area contributed by atoms with Gasteiger partial charge in [0.1, 0.15) is 12.0 Å². The van der Waals surface area contributed by atoms with Crippen molar-refractivity contribution in [3.63, 3.8) is 0 Å². The second kappa shape index (κ2) is 7.68. The first-order chi connectivity index (χ1) is 9.00. The number of nitrogens with zero attached hydrogens (tertiary/aromatic N) is 3. The minimum Gasteiger partial charge on any atom is -0.370 e. The Bertz CT molecular complexity index is 392. The smallest absolute Gasteiger partial charge is 0.287 e. The van der Waals surface area contributed by atoms with Gasteiger partial charge in [-0.05, 0) is 46.3 Å². The highest BCUT2D eigenvalue weighted by Crippen LogP contribution is 2.11. The fourth-order valence-corrected chi connectivity index (χ4v) is 1.56. The molecule has 6 heteroatoms. The van der Waals surface area contributed by atoms with E-state index in [2.05, 4.69) is 36.1 Å². The molecule has 6 nitrogen and oxygen atoms in total. The lowest BCUT2D eigenvalue weighted by Crippen LogP contribution is -2.27. The molecule has 0 saturated carbocycles. The van der Waals surface area contributed by atoms with E-state index in [4.69, 9.17) is 0 Å². The molecule has 1 rings (SSSR count). The summed E-state index contributed by atoms with van der Waals surface area (Å²) in [6.07, 6.45) is 3.44. The zero-order valence-electron chi connectivity index (χ0n) is 11.8. The fourth-order valence-electron chi connectivity index (χ4n) is 1.56. The van der Waals surface area contributed by atoms with Crippen LogP contribution in [0.5, 0.6) is 0 Å². The van der Waals surface area contributed by atoms with Crippen LogP contribution in [-0.2, 0) is 0 Å². The van der Waals surface area contributed by atoms with Crippen molar-refractivity contribution in [2.75, 3.05) is 25.5 Å². The van der Waals surface area contributed by atoms with E-state index in [1.54, 1.807) is 6.07 Å².